The molecule has 2 saturated carbocycles. The minimum Gasteiger partial charge on any atom is -0.353 e. The van der Waals surface area contributed by atoms with Gasteiger partial charge in [0, 0.05) is 11.6 Å². The second-order valence-electron chi connectivity index (χ2n) is 6.96. The van der Waals surface area contributed by atoms with Crippen LogP contribution in [0.25, 0.3) is 0 Å². The summed E-state index contributed by atoms with van der Waals surface area (Å²) in [5.74, 6) is 0.129. The third kappa shape index (κ3) is 2.35. The topological polar surface area (TPSA) is 55.1 Å². The number of benzene rings is 1. The van der Waals surface area contributed by atoms with Crippen LogP contribution in [0.1, 0.15) is 57.1 Å². The van der Waals surface area contributed by atoms with Crippen LogP contribution in [0.5, 0.6) is 0 Å². The number of carbonyl (C=O) groups excluding carboxylic acids is 1. The van der Waals surface area contributed by atoms with Gasteiger partial charge in [-0.25, -0.2) is 0 Å². The van der Waals surface area contributed by atoms with E-state index in [0.717, 1.165) is 31.2 Å². The lowest BCUT2D eigenvalue weighted by molar-refractivity contribution is -0.126. The lowest BCUT2D eigenvalue weighted by Gasteiger charge is -2.32. The van der Waals surface area contributed by atoms with Gasteiger partial charge in [0.25, 0.3) is 0 Å². The van der Waals surface area contributed by atoms with Crippen molar-refractivity contribution >= 4 is 5.91 Å². The van der Waals surface area contributed by atoms with E-state index in [4.69, 9.17) is 5.73 Å². The second kappa shape index (κ2) is 4.59. The maximum Gasteiger partial charge on any atom is 0.230 e. The minimum absolute atomic E-state index is 0.100. The molecule has 2 aliphatic rings. The summed E-state index contributed by atoms with van der Waals surface area (Å²) in [5.41, 5.74) is 7.86. The molecular formula is C17H24N2O. The summed E-state index contributed by atoms with van der Waals surface area (Å²) >= 11 is 0. The van der Waals surface area contributed by atoms with Gasteiger partial charge in [0.05, 0.1) is 5.41 Å². The predicted molar refractivity (Wildman–Crippen MR) is 80.3 cm³/mol. The lowest BCUT2D eigenvalue weighted by atomic mass is 9.81. The maximum absolute atomic E-state index is 12.4. The zero-order valence-electron chi connectivity index (χ0n) is 12.4. The first-order valence-corrected chi connectivity index (χ1v) is 7.63. The Morgan fingerprint density at radius 1 is 1.25 bits per heavy atom. The van der Waals surface area contributed by atoms with Crippen LogP contribution in [0.15, 0.2) is 24.3 Å². The largest absolute Gasteiger partial charge is 0.353 e. The SMILES string of the molecule is CC(C)(C(=O)NC1CCC1)c1ccc(C2(N)CC2)cc1. The Balaban J connectivity index is 1.74. The summed E-state index contributed by atoms with van der Waals surface area (Å²) in [5, 5.41) is 3.15. The Labute approximate surface area is 120 Å². The van der Waals surface area contributed by atoms with Crippen molar-refractivity contribution in [3.05, 3.63) is 35.4 Å². The standard InChI is InChI=1S/C17H24N2O/c1-16(2,15(20)19-14-4-3-5-14)12-6-8-13(9-7-12)17(18)10-11-17/h6-9,14H,3-5,10-11,18H2,1-2H3,(H,19,20). The number of amides is 1. The molecule has 2 fully saturated rings. The number of hydrogen-bond donors (Lipinski definition) is 2. The third-order valence-electron chi connectivity index (χ3n) is 4.98. The average molecular weight is 272 g/mol. The third-order valence-corrected chi connectivity index (χ3v) is 4.98. The van der Waals surface area contributed by atoms with E-state index in [1.165, 1.54) is 12.0 Å². The fourth-order valence-corrected chi connectivity index (χ4v) is 2.69. The summed E-state index contributed by atoms with van der Waals surface area (Å²) in [7, 11) is 0. The average Bonchev–Trinajstić information content (AvgIpc) is 3.13. The van der Waals surface area contributed by atoms with Crippen LogP contribution in [-0.4, -0.2) is 11.9 Å². The van der Waals surface area contributed by atoms with Crippen LogP contribution < -0.4 is 11.1 Å². The number of nitrogens with two attached hydrogens (primary N) is 1. The highest BCUT2D eigenvalue weighted by Crippen LogP contribution is 2.43. The van der Waals surface area contributed by atoms with E-state index in [2.05, 4.69) is 29.6 Å². The van der Waals surface area contributed by atoms with E-state index in [9.17, 15) is 4.79 Å². The molecule has 0 aliphatic heterocycles. The van der Waals surface area contributed by atoms with Gasteiger partial charge in [0.1, 0.15) is 0 Å². The van der Waals surface area contributed by atoms with Gasteiger partial charge in [-0.3, -0.25) is 4.79 Å². The van der Waals surface area contributed by atoms with Crippen LogP contribution in [-0.2, 0) is 15.7 Å². The molecule has 3 nitrogen and oxygen atoms in total. The molecule has 0 spiro atoms. The van der Waals surface area contributed by atoms with Crippen LogP contribution in [0.2, 0.25) is 0 Å². The Kier molecular flexibility index (Phi) is 3.13. The van der Waals surface area contributed by atoms with Gasteiger partial charge in [0.15, 0.2) is 0 Å². The van der Waals surface area contributed by atoms with Gasteiger partial charge in [-0.1, -0.05) is 24.3 Å². The Morgan fingerprint density at radius 3 is 2.30 bits per heavy atom. The molecule has 3 N–H and O–H groups in total. The molecule has 3 rings (SSSR count). The fraction of sp³-hybridized carbons (Fsp3) is 0.588. The molecule has 0 unspecified atom stereocenters. The van der Waals surface area contributed by atoms with Crippen molar-refractivity contribution in [2.24, 2.45) is 5.73 Å². The second-order valence-corrected chi connectivity index (χ2v) is 6.96. The summed E-state index contributed by atoms with van der Waals surface area (Å²) in [6.07, 6.45) is 5.61. The zero-order chi connectivity index (χ0) is 14.4. The number of rotatable bonds is 4. The van der Waals surface area contributed by atoms with Crippen LogP contribution in [0.4, 0.5) is 0 Å². The summed E-state index contributed by atoms with van der Waals surface area (Å²) < 4.78 is 0. The van der Waals surface area contributed by atoms with Gasteiger partial charge in [-0.05, 0) is 57.1 Å². The zero-order valence-corrected chi connectivity index (χ0v) is 12.4. The molecule has 1 amide bonds. The van der Waals surface area contributed by atoms with Crippen molar-refractivity contribution in [1.82, 2.24) is 5.32 Å². The van der Waals surface area contributed by atoms with Crippen molar-refractivity contribution in [2.45, 2.75) is 62.9 Å². The highest BCUT2D eigenvalue weighted by atomic mass is 16.2. The van der Waals surface area contributed by atoms with Crippen LogP contribution in [0, 0.1) is 0 Å². The molecule has 2 aliphatic carbocycles. The van der Waals surface area contributed by atoms with Crippen LogP contribution in [0.3, 0.4) is 0 Å². The molecule has 1 aromatic rings. The molecule has 0 radical (unpaired) electrons. The minimum atomic E-state index is -0.487. The Morgan fingerprint density at radius 2 is 1.85 bits per heavy atom. The number of nitrogens with one attached hydrogen (secondary N) is 1. The molecule has 0 atom stereocenters. The van der Waals surface area contributed by atoms with Crippen molar-refractivity contribution in [1.29, 1.82) is 0 Å². The van der Waals surface area contributed by atoms with E-state index < -0.39 is 5.41 Å². The Hall–Kier alpha value is -1.35. The molecule has 1 aromatic carbocycles. The number of hydrogen-bond acceptors (Lipinski definition) is 2. The molecule has 0 bridgehead atoms. The molecule has 0 saturated heterocycles. The first-order valence-electron chi connectivity index (χ1n) is 7.63. The Bertz CT molecular complexity index is 510. The lowest BCUT2D eigenvalue weighted by Crippen LogP contribution is -2.47. The van der Waals surface area contributed by atoms with Gasteiger partial charge < -0.3 is 11.1 Å². The van der Waals surface area contributed by atoms with Crippen molar-refractivity contribution in [2.75, 3.05) is 0 Å². The molecule has 108 valence electrons. The highest BCUT2D eigenvalue weighted by Gasteiger charge is 2.40. The first-order chi connectivity index (χ1) is 9.42. The monoisotopic (exact) mass is 272 g/mol. The number of carbonyl (C=O) groups is 1. The van der Waals surface area contributed by atoms with Gasteiger partial charge in [-0.15, -0.1) is 0 Å². The first kappa shape index (κ1) is 13.6. The summed E-state index contributed by atoms with van der Waals surface area (Å²) in [4.78, 5) is 12.4. The van der Waals surface area contributed by atoms with E-state index in [1.807, 2.05) is 13.8 Å². The van der Waals surface area contributed by atoms with E-state index in [-0.39, 0.29) is 11.4 Å². The molecular weight excluding hydrogens is 248 g/mol. The van der Waals surface area contributed by atoms with Crippen molar-refractivity contribution in [3.63, 3.8) is 0 Å². The fourth-order valence-electron chi connectivity index (χ4n) is 2.69. The summed E-state index contributed by atoms with van der Waals surface area (Å²) in [6, 6.07) is 8.67. The summed E-state index contributed by atoms with van der Waals surface area (Å²) in [6.45, 7) is 3.98. The predicted octanol–water partition coefficient (Wildman–Crippen LogP) is 2.58. The van der Waals surface area contributed by atoms with Gasteiger partial charge in [0.2, 0.25) is 5.91 Å². The maximum atomic E-state index is 12.4. The van der Waals surface area contributed by atoms with Crippen molar-refractivity contribution < 1.29 is 4.79 Å². The molecule has 0 aromatic heterocycles. The molecule has 0 heterocycles. The van der Waals surface area contributed by atoms with E-state index in [1.54, 1.807) is 0 Å². The van der Waals surface area contributed by atoms with Gasteiger partial charge in [-0.2, -0.15) is 0 Å². The van der Waals surface area contributed by atoms with Crippen LogP contribution >= 0.6 is 0 Å². The molecule has 20 heavy (non-hydrogen) atoms. The van der Waals surface area contributed by atoms with Crippen molar-refractivity contribution in [3.8, 4) is 0 Å². The van der Waals surface area contributed by atoms with E-state index >= 15 is 0 Å². The quantitative estimate of drug-likeness (QED) is 0.885. The highest BCUT2D eigenvalue weighted by molar-refractivity contribution is 5.87. The smallest absolute Gasteiger partial charge is 0.230 e. The van der Waals surface area contributed by atoms with E-state index in [0.29, 0.717) is 6.04 Å². The van der Waals surface area contributed by atoms with Gasteiger partial charge >= 0.3 is 0 Å². The molecule has 3 heteroatoms. The normalized spacial score (nSPS) is 21.1.